The normalized spacial score (nSPS) is 17.0. The van der Waals surface area contributed by atoms with Gasteiger partial charge in [-0.2, -0.15) is 0 Å². The lowest BCUT2D eigenvalue weighted by molar-refractivity contribution is -0.155. The Bertz CT molecular complexity index is 791. The van der Waals surface area contributed by atoms with Crippen LogP contribution in [0.5, 0.6) is 0 Å². The fraction of sp³-hybridized carbons (Fsp3) is 0.474. The van der Waals surface area contributed by atoms with Gasteiger partial charge in [-0.1, -0.05) is 29.5 Å². The molecule has 0 saturated carbocycles. The zero-order valence-corrected chi connectivity index (χ0v) is 16.3. The highest BCUT2D eigenvalue weighted by molar-refractivity contribution is 7.99. The second-order valence-corrected chi connectivity index (χ2v) is 7.31. The molecular formula is C19H23N3O4S. The van der Waals surface area contributed by atoms with Gasteiger partial charge in [-0.15, -0.1) is 10.2 Å². The molecular weight excluding hydrogens is 366 g/mol. The molecule has 1 aromatic heterocycles. The maximum Gasteiger partial charge on any atom is 0.328 e. The standard InChI is InChI=1S/C19H23N3O4S/c1-3-25-18(24)15-6-4-5-11-22(15)16(23)12-27-19-21-20-17(26-19)14-9-7-13(2)8-10-14/h7-10,15H,3-6,11-12H2,1-2H3. The number of likely N-dealkylation sites (tertiary alicyclic amines) is 1. The first-order valence-electron chi connectivity index (χ1n) is 9.08. The summed E-state index contributed by atoms with van der Waals surface area (Å²) in [5.41, 5.74) is 1.99. The minimum Gasteiger partial charge on any atom is -0.464 e. The van der Waals surface area contributed by atoms with E-state index in [0.717, 1.165) is 24.0 Å². The number of ether oxygens (including phenoxy) is 1. The van der Waals surface area contributed by atoms with E-state index in [-0.39, 0.29) is 17.6 Å². The van der Waals surface area contributed by atoms with Gasteiger partial charge in [0.1, 0.15) is 6.04 Å². The van der Waals surface area contributed by atoms with Crippen LogP contribution in [0.3, 0.4) is 0 Å². The van der Waals surface area contributed by atoms with Crippen molar-refractivity contribution in [1.82, 2.24) is 15.1 Å². The Hall–Kier alpha value is -2.35. The van der Waals surface area contributed by atoms with Crippen LogP contribution in [0.15, 0.2) is 33.9 Å². The molecule has 1 aliphatic heterocycles. The molecule has 2 heterocycles. The van der Waals surface area contributed by atoms with E-state index in [0.29, 0.717) is 30.7 Å². The zero-order valence-electron chi connectivity index (χ0n) is 15.5. The second-order valence-electron chi connectivity index (χ2n) is 6.38. The molecule has 1 unspecified atom stereocenters. The summed E-state index contributed by atoms with van der Waals surface area (Å²) in [6.07, 6.45) is 2.46. The SMILES string of the molecule is CCOC(=O)C1CCCCN1C(=O)CSc1nnc(-c2ccc(C)cc2)o1. The van der Waals surface area contributed by atoms with E-state index in [1.54, 1.807) is 11.8 Å². The summed E-state index contributed by atoms with van der Waals surface area (Å²) in [5, 5.41) is 8.37. The topological polar surface area (TPSA) is 85.5 Å². The van der Waals surface area contributed by atoms with Crippen molar-refractivity contribution >= 4 is 23.6 Å². The second kappa shape index (κ2) is 9.03. The highest BCUT2D eigenvalue weighted by Gasteiger charge is 2.33. The number of rotatable bonds is 6. The summed E-state index contributed by atoms with van der Waals surface area (Å²) in [5.74, 6) is 0.126. The third kappa shape index (κ3) is 4.88. The Labute approximate surface area is 162 Å². The van der Waals surface area contributed by atoms with Crippen molar-refractivity contribution < 1.29 is 18.7 Å². The van der Waals surface area contributed by atoms with Crippen molar-refractivity contribution in [2.75, 3.05) is 18.9 Å². The Balaban J connectivity index is 1.59. The van der Waals surface area contributed by atoms with E-state index >= 15 is 0 Å². The van der Waals surface area contributed by atoms with Gasteiger partial charge in [0.05, 0.1) is 12.4 Å². The van der Waals surface area contributed by atoms with Crippen molar-refractivity contribution in [1.29, 1.82) is 0 Å². The van der Waals surface area contributed by atoms with Crippen molar-refractivity contribution in [3.8, 4) is 11.5 Å². The Morgan fingerprint density at radius 3 is 2.78 bits per heavy atom. The number of hydrogen-bond acceptors (Lipinski definition) is 7. The van der Waals surface area contributed by atoms with Gasteiger partial charge < -0.3 is 14.1 Å². The first kappa shape index (κ1) is 19.4. The molecule has 1 fully saturated rings. The summed E-state index contributed by atoms with van der Waals surface area (Å²) in [6, 6.07) is 7.29. The van der Waals surface area contributed by atoms with E-state index in [1.165, 1.54) is 11.8 Å². The van der Waals surface area contributed by atoms with Gasteiger partial charge in [-0.25, -0.2) is 4.79 Å². The number of thioether (sulfide) groups is 1. The number of carbonyl (C=O) groups excluding carboxylic acids is 2. The lowest BCUT2D eigenvalue weighted by Gasteiger charge is -2.33. The largest absolute Gasteiger partial charge is 0.464 e. The lowest BCUT2D eigenvalue weighted by atomic mass is 10.0. The van der Waals surface area contributed by atoms with Gasteiger partial charge in [0.15, 0.2) is 0 Å². The zero-order chi connectivity index (χ0) is 19.2. The van der Waals surface area contributed by atoms with Gasteiger partial charge in [0, 0.05) is 12.1 Å². The average Bonchev–Trinajstić information content (AvgIpc) is 3.16. The number of hydrogen-bond donors (Lipinski definition) is 0. The summed E-state index contributed by atoms with van der Waals surface area (Å²) in [7, 11) is 0. The Kier molecular flexibility index (Phi) is 6.49. The minimum atomic E-state index is -0.488. The van der Waals surface area contributed by atoms with Crippen LogP contribution in [0.25, 0.3) is 11.5 Å². The fourth-order valence-electron chi connectivity index (χ4n) is 3.00. The van der Waals surface area contributed by atoms with E-state index < -0.39 is 6.04 Å². The van der Waals surface area contributed by atoms with Crippen molar-refractivity contribution in [3.05, 3.63) is 29.8 Å². The first-order chi connectivity index (χ1) is 13.1. The van der Waals surface area contributed by atoms with E-state index in [9.17, 15) is 9.59 Å². The van der Waals surface area contributed by atoms with Crippen LogP contribution in [0.2, 0.25) is 0 Å². The summed E-state index contributed by atoms with van der Waals surface area (Å²) in [6.45, 7) is 4.66. The number of piperidine rings is 1. The third-order valence-electron chi connectivity index (χ3n) is 4.41. The van der Waals surface area contributed by atoms with Crippen molar-refractivity contribution in [2.24, 2.45) is 0 Å². The van der Waals surface area contributed by atoms with Crippen LogP contribution >= 0.6 is 11.8 Å². The van der Waals surface area contributed by atoms with E-state index in [1.807, 2.05) is 31.2 Å². The summed E-state index contributed by atoms with van der Waals surface area (Å²) < 4.78 is 10.7. The van der Waals surface area contributed by atoms with Gasteiger partial charge in [0.25, 0.3) is 5.22 Å². The molecule has 1 aliphatic rings. The molecule has 1 saturated heterocycles. The first-order valence-corrected chi connectivity index (χ1v) is 10.1. The quantitative estimate of drug-likeness (QED) is 0.554. The van der Waals surface area contributed by atoms with Crippen LogP contribution in [-0.4, -0.2) is 51.9 Å². The maximum absolute atomic E-state index is 12.6. The average molecular weight is 389 g/mol. The van der Waals surface area contributed by atoms with E-state index in [2.05, 4.69) is 10.2 Å². The van der Waals surface area contributed by atoms with Crippen LogP contribution in [0, 0.1) is 6.92 Å². The number of aromatic nitrogens is 2. The van der Waals surface area contributed by atoms with Gasteiger partial charge in [-0.3, -0.25) is 4.79 Å². The lowest BCUT2D eigenvalue weighted by Crippen LogP contribution is -2.49. The molecule has 2 aromatic rings. The molecule has 3 rings (SSSR count). The summed E-state index contributed by atoms with van der Waals surface area (Å²) in [4.78, 5) is 26.3. The maximum atomic E-state index is 12.6. The molecule has 144 valence electrons. The molecule has 27 heavy (non-hydrogen) atoms. The van der Waals surface area contributed by atoms with E-state index in [4.69, 9.17) is 9.15 Å². The van der Waals surface area contributed by atoms with Gasteiger partial charge >= 0.3 is 5.97 Å². The molecule has 0 bridgehead atoms. The molecule has 0 N–H and O–H groups in total. The minimum absolute atomic E-state index is 0.118. The molecule has 1 atom stereocenters. The molecule has 0 aliphatic carbocycles. The Morgan fingerprint density at radius 2 is 2.04 bits per heavy atom. The number of carbonyl (C=O) groups is 2. The molecule has 8 heteroatoms. The van der Waals surface area contributed by atoms with Gasteiger partial charge in [-0.05, 0) is 45.2 Å². The predicted octanol–water partition coefficient (Wildman–Crippen LogP) is 3.08. The number of amides is 1. The number of benzene rings is 1. The third-order valence-corrected chi connectivity index (χ3v) is 5.21. The smallest absolute Gasteiger partial charge is 0.328 e. The van der Waals surface area contributed by atoms with Crippen LogP contribution in [-0.2, 0) is 14.3 Å². The number of esters is 1. The monoisotopic (exact) mass is 389 g/mol. The molecule has 7 nitrogen and oxygen atoms in total. The highest BCUT2D eigenvalue weighted by atomic mass is 32.2. The van der Waals surface area contributed by atoms with Crippen molar-refractivity contribution in [3.63, 3.8) is 0 Å². The fourth-order valence-corrected chi connectivity index (χ4v) is 3.65. The number of aryl methyl sites for hydroxylation is 1. The van der Waals surface area contributed by atoms with Crippen LogP contribution in [0.1, 0.15) is 31.7 Å². The van der Waals surface area contributed by atoms with Crippen molar-refractivity contribution in [2.45, 2.75) is 44.4 Å². The van der Waals surface area contributed by atoms with Crippen LogP contribution < -0.4 is 0 Å². The molecule has 0 radical (unpaired) electrons. The predicted molar refractivity (Wildman–Crippen MR) is 101 cm³/mol. The summed E-state index contributed by atoms with van der Waals surface area (Å²) >= 11 is 1.18. The highest BCUT2D eigenvalue weighted by Crippen LogP contribution is 2.25. The number of nitrogens with zero attached hydrogens (tertiary/aromatic N) is 3. The Morgan fingerprint density at radius 1 is 1.26 bits per heavy atom. The molecule has 0 spiro atoms. The molecule has 1 amide bonds. The molecule has 1 aromatic carbocycles. The van der Waals surface area contributed by atoms with Gasteiger partial charge in [0.2, 0.25) is 11.8 Å². The van der Waals surface area contributed by atoms with Crippen LogP contribution in [0.4, 0.5) is 0 Å².